The molecule has 16 heavy (non-hydrogen) atoms. The predicted molar refractivity (Wildman–Crippen MR) is 62.4 cm³/mol. The lowest BCUT2D eigenvalue weighted by molar-refractivity contribution is 0.0946. The number of rotatable bonds is 4. The van der Waals surface area contributed by atoms with Crippen molar-refractivity contribution in [3.8, 4) is 5.75 Å². The highest BCUT2D eigenvalue weighted by Gasteiger charge is 2.37. The number of amides is 1. The fourth-order valence-electron chi connectivity index (χ4n) is 2.03. The summed E-state index contributed by atoms with van der Waals surface area (Å²) in [6.07, 6.45) is 3.41. The van der Waals surface area contributed by atoms with E-state index in [0.29, 0.717) is 17.5 Å². The summed E-state index contributed by atoms with van der Waals surface area (Å²) >= 11 is 0. The normalized spacial score (nSPS) is 22.8. The molecule has 3 nitrogen and oxygen atoms in total. The van der Waals surface area contributed by atoms with Crippen LogP contribution in [0.2, 0.25) is 0 Å². The average Bonchev–Trinajstić information content (AvgIpc) is 2.97. The summed E-state index contributed by atoms with van der Waals surface area (Å²) in [6.45, 7) is 2.15. The SMILES string of the molecule is CCCC1CC1NC(=O)c1ccccc1O. The highest BCUT2D eigenvalue weighted by atomic mass is 16.3. The Morgan fingerprint density at radius 3 is 2.94 bits per heavy atom. The average molecular weight is 219 g/mol. The van der Waals surface area contributed by atoms with Crippen LogP contribution in [0.1, 0.15) is 36.5 Å². The van der Waals surface area contributed by atoms with Gasteiger partial charge >= 0.3 is 0 Å². The maximum atomic E-state index is 11.8. The van der Waals surface area contributed by atoms with E-state index in [4.69, 9.17) is 0 Å². The van der Waals surface area contributed by atoms with Crippen LogP contribution in [0.15, 0.2) is 24.3 Å². The van der Waals surface area contributed by atoms with E-state index in [1.807, 2.05) is 0 Å². The van der Waals surface area contributed by atoms with Crippen LogP contribution in [0.5, 0.6) is 5.75 Å². The van der Waals surface area contributed by atoms with Gasteiger partial charge in [0.15, 0.2) is 0 Å². The number of aromatic hydroxyl groups is 1. The van der Waals surface area contributed by atoms with Crippen molar-refractivity contribution in [1.82, 2.24) is 5.32 Å². The van der Waals surface area contributed by atoms with Crippen molar-refractivity contribution in [2.24, 2.45) is 5.92 Å². The van der Waals surface area contributed by atoms with Gasteiger partial charge in [-0.2, -0.15) is 0 Å². The van der Waals surface area contributed by atoms with Crippen LogP contribution in [-0.4, -0.2) is 17.1 Å². The minimum Gasteiger partial charge on any atom is -0.507 e. The highest BCUT2D eigenvalue weighted by Crippen LogP contribution is 2.34. The minimum absolute atomic E-state index is 0.0488. The molecule has 1 aromatic rings. The molecular weight excluding hydrogens is 202 g/mol. The van der Waals surface area contributed by atoms with Gasteiger partial charge in [-0.25, -0.2) is 0 Å². The maximum absolute atomic E-state index is 11.8. The molecule has 1 amide bonds. The molecule has 1 saturated carbocycles. The van der Waals surface area contributed by atoms with E-state index in [0.717, 1.165) is 12.8 Å². The number of carbonyl (C=O) groups is 1. The van der Waals surface area contributed by atoms with Gasteiger partial charge in [0, 0.05) is 6.04 Å². The van der Waals surface area contributed by atoms with Gasteiger partial charge in [-0.15, -0.1) is 0 Å². The smallest absolute Gasteiger partial charge is 0.255 e. The molecule has 86 valence electrons. The van der Waals surface area contributed by atoms with Crippen LogP contribution in [-0.2, 0) is 0 Å². The Balaban J connectivity index is 1.92. The van der Waals surface area contributed by atoms with Gasteiger partial charge in [0.05, 0.1) is 5.56 Å². The largest absolute Gasteiger partial charge is 0.507 e. The summed E-state index contributed by atoms with van der Waals surface area (Å²) in [7, 11) is 0. The Kier molecular flexibility index (Phi) is 3.13. The van der Waals surface area contributed by atoms with Crippen LogP contribution >= 0.6 is 0 Å². The van der Waals surface area contributed by atoms with Gasteiger partial charge in [0.25, 0.3) is 5.91 Å². The molecule has 0 heterocycles. The van der Waals surface area contributed by atoms with Crippen molar-refractivity contribution < 1.29 is 9.90 Å². The van der Waals surface area contributed by atoms with Crippen molar-refractivity contribution in [1.29, 1.82) is 0 Å². The first-order valence-electron chi connectivity index (χ1n) is 5.81. The lowest BCUT2D eigenvalue weighted by Gasteiger charge is -2.05. The second-order valence-electron chi connectivity index (χ2n) is 4.38. The first-order chi connectivity index (χ1) is 7.72. The van der Waals surface area contributed by atoms with Crippen LogP contribution < -0.4 is 5.32 Å². The van der Waals surface area contributed by atoms with E-state index in [9.17, 15) is 9.90 Å². The number of carbonyl (C=O) groups excluding carboxylic acids is 1. The first-order valence-corrected chi connectivity index (χ1v) is 5.81. The third kappa shape index (κ3) is 2.35. The Bertz CT molecular complexity index is 389. The number of phenols is 1. The zero-order chi connectivity index (χ0) is 11.5. The molecule has 2 unspecified atom stereocenters. The molecule has 0 aromatic heterocycles. The highest BCUT2D eigenvalue weighted by molar-refractivity contribution is 5.97. The summed E-state index contributed by atoms with van der Waals surface area (Å²) < 4.78 is 0. The Morgan fingerprint density at radius 2 is 2.25 bits per heavy atom. The van der Waals surface area contributed by atoms with E-state index >= 15 is 0 Å². The number of para-hydroxylation sites is 1. The molecule has 1 fully saturated rings. The van der Waals surface area contributed by atoms with Crippen LogP contribution in [0, 0.1) is 5.92 Å². The van der Waals surface area contributed by atoms with E-state index in [1.54, 1.807) is 18.2 Å². The molecule has 0 aliphatic heterocycles. The third-order valence-electron chi connectivity index (χ3n) is 3.05. The topological polar surface area (TPSA) is 49.3 Å². The predicted octanol–water partition coefficient (Wildman–Crippen LogP) is 2.31. The summed E-state index contributed by atoms with van der Waals surface area (Å²) in [5.41, 5.74) is 0.365. The van der Waals surface area contributed by atoms with Crippen LogP contribution in [0.25, 0.3) is 0 Å². The molecule has 2 N–H and O–H groups in total. The van der Waals surface area contributed by atoms with Gasteiger partial charge in [0.2, 0.25) is 0 Å². The maximum Gasteiger partial charge on any atom is 0.255 e. The van der Waals surface area contributed by atoms with E-state index in [2.05, 4.69) is 12.2 Å². The van der Waals surface area contributed by atoms with Gasteiger partial charge in [-0.05, 0) is 30.9 Å². The van der Waals surface area contributed by atoms with Crippen molar-refractivity contribution >= 4 is 5.91 Å². The fraction of sp³-hybridized carbons (Fsp3) is 0.462. The van der Waals surface area contributed by atoms with Crippen molar-refractivity contribution in [2.45, 2.75) is 32.2 Å². The molecule has 2 atom stereocenters. The first kappa shape index (κ1) is 11.0. The molecular formula is C13H17NO2. The Hall–Kier alpha value is -1.51. The number of nitrogens with one attached hydrogen (secondary N) is 1. The standard InChI is InChI=1S/C13H17NO2/c1-2-5-9-8-11(9)14-13(16)10-6-3-4-7-12(10)15/h3-4,6-7,9,11,15H,2,5,8H2,1H3,(H,14,16). The monoisotopic (exact) mass is 219 g/mol. The van der Waals surface area contributed by atoms with Crippen LogP contribution in [0.4, 0.5) is 0 Å². The Morgan fingerprint density at radius 1 is 1.50 bits per heavy atom. The molecule has 0 saturated heterocycles. The van der Waals surface area contributed by atoms with Gasteiger partial charge in [-0.3, -0.25) is 4.79 Å². The van der Waals surface area contributed by atoms with Crippen molar-refractivity contribution in [3.05, 3.63) is 29.8 Å². The summed E-state index contributed by atoms with van der Waals surface area (Å²) in [4.78, 5) is 11.8. The minimum atomic E-state index is -0.165. The molecule has 0 radical (unpaired) electrons. The van der Waals surface area contributed by atoms with Crippen molar-refractivity contribution in [2.75, 3.05) is 0 Å². The molecule has 0 bridgehead atoms. The van der Waals surface area contributed by atoms with E-state index in [1.165, 1.54) is 12.5 Å². The number of benzene rings is 1. The lowest BCUT2D eigenvalue weighted by Crippen LogP contribution is -2.26. The van der Waals surface area contributed by atoms with Crippen molar-refractivity contribution in [3.63, 3.8) is 0 Å². The van der Waals surface area contributed by atoms with Gasteiger partial charge < -0.3 is 10.4 Å². The molecule has 3 heteroatoms. The number of hydrogen-bond acceptors (Lipinski definition) is 2. The fourth-order valence-corrected chi connectivity index (χ4v) is 2.03. The zero-order valence-electron chi connectivity index (χ0n) is 9.44. The van der Waals surface area contributed by atoms with Gasteiger partial charge in [-0.1, -0.05) is 25.5 Å². The third-order valence-corrected chi connectivity index (χ3v) is 3.05. The van der Waals surface area contributed by atoms with E-state index in [-0.39, 0.29) is 11.7 Å². The summed E-state index contributed by atoms with van der Waals surface area (Å²) in [5, 5.41) is 12.5. The molecule has 1 aliphatic carbocycles. The molecule has 1 aromatic carbocycles. The van der Waals surface area contributed by atoms with E-state index < -0.39 is 0 Å². The lowest BCUT2D eigenvalue weighted by atomic mass is 10.2. The number of hydrogen-bond donors (Lipinski definition) is 2. The van der Waals surface area contributed by atoms with Gasteiger partial charge in [0.1, 0.15) is 5.75 Å². The molecule has 1 aliphatic rings. The number of phenolic OH excluding ortho intramolecular Hbond substituents is 1. The zero-order valence-corrected chi connectivity index (χ0v) is 9.44. The molecule has 2 rings (SSSR count). The second kappa shape index (κ2) is 4.56. The molecule has 0 spiro atoms. The Labute approximate surface area is 95.5 Å². The second-order valence-corrected chi connectivity index (χ2v) is 4.38. The quantitative estimate of drug-likeness (QED) is 0.816. The van der Waals surface area contributed by atoms with Crippen LogP contribution in [0.3, 0.4) is 0 Å². The summed E-state index contributed by atoms with van der Waals surface area (Å²) in [5.74, 6) is 0.522. The summed E-state index contributed by atoms with van der Waals surface area (Å²) in [6, 6.07) is 6.95.